The highest BCUT2D eigenvalue weighted by atomic mass is 16.6. The van der Waals surface area contributed by atoms with E-state index in [9.17, 15) is 14.9 Å². The Balaban J connectivity index is 2.27. The number of fused-ring (bicyclic) bond motifs is 3. The van der Waals surface area contributed by atoms with Gasteiger partial charge in [0.2, 0.25) is 11.6 Å². The van der Waals surface area contributed by atoms with Crippen LogP contribution < -0.4 is 10.2 Å². The van der Waals surface area contributed by atoms with Crippen LogP contribution in [0.4, 0.5) is 17.3 Å². The number of nitro groups is 1. The molecule has 23 heavy (non-hydrogen) atoms. The van der Waals surface area contributed by atoms with E-state index in [1.807, 2.05) is 0 Å². The van der Waals surface area contributed by atoms with E-state index >= 15 is 0 Å². The lowest BCUT2D eigenvalue weighted by Gasteiger charge is -2.26. The minimum atomic E-state index is -0.512. The third-order valence-electron chi connectivity index (χ3n) is 4.19. The number of carbonyl (C=O) groups excluding carboxylic acids is 1. The Labute approximate surface area is 132 Å². The average Bonchev–Trinajstić information content (AvgIpc) is 3.09. The number of hydrogen-bond acceptors (Lipinski definition) is 6. The molecule has 0 aliphatic carbocycles. The molecule has 0 radical (unpaired) electrons. The molecular weight excluding hydrogens is 300 g/mol. The van der Waals surface area contributed by atoms with Crippen molar-refractivity contribution in [3.8, 4) is 0 Å². The van der Waals surface area contributed by atoms with Gasteiger partial charge in [0.1, 0.15) is 17.8 Å². The molecule has 9 nitrogen and oxygen atoms in total. The minimum absolute atomic E-state index is 0.146. The maximum atomic E-state index is 11.5. The maximum Gasteiger partial charge on any atom is 0.333 e. The van der Waals surface area contributed by atoms with Crippen LogP contribution in [0, 0.1) is 10.1 Å². The molecule has 0 saturated heterocycles. The Hall–Kier alpha value is -2.71. The highest BCUT2D eigenvalue weighted by Crippen LogP contribution is 2.36. The van der Waals surface area contributed by atoms with Gasteiger partial charge >= 0.3 is 5.69 Å². The summed E-state index contributed by atoms with van der Waals surface area (Å²) < 4.78 is 1.51. The number of amides is 1. The van der Waals surface area contributed by atoms with E-state index in [4.69, 9.17) is 0 Å². The number of aromatic nitrogens is 3. The van der Waals surface area contributed by atoms with E-state index in [1.165, 1.54) is 17.6 Å². The molecule has 1 aliphatic rings. The van der Waals surface area contributed by atoms with Crippen molar-refractivity contribution in [3.05, 3.63) is 21.9 Å². The van der Waals surface area contributed by atoms with E-state index in [2.05, 4.69) is 34.1 Å². The second-order valence-corrected chi connectivity index (χ2v) is 5.67. The van der Waals surface area contributed by atoms with Gasteiger partial charge in [0.15, 0.2) is 0 Å². The van der Waals surface area contributed by atoms with Gasteiger partial charge in [-0.15, -0.1) is 0 Å². The van der Waals surface area contributed by atoms with Crippen molar-refractivity contribution in [3.63, 3.8) is 0 Å². The summed E-state index contributed by atoms with van der Waals surface area (Å²) in [7, 11) is 0. The van der Waals surface area contributed by atoms with Crippen molar-refractivity contribution >= 4 is 28.9 Å². The SMILES string of the molecule is CCC(C)N1CCc2c(NC(C)=O)nc3c([N+](=O)[O-])cnn3c21. The topological polar surface area (TPSA) is 106 Å². The van der Waals surface area contributed by atoms with Gasteiger partial charge in [-0.2, -0.15) is 9.61 Å². The summed E-state index contributed by atoms with van der Waals surface area (Å²) in [5, 5.41) is 18.0. The molecule has 122 valence electrons. The molecule has 0 fully saturated rings. The van der Waals surface area contributed by atoms with Crippen LogP contribution in [-0.4, -0.2) is 38.0 Å². The highest BCUT2D eigenvalue weighted by Gasteiger charge is 2.32. The molecule has 0 bridgehead atoms. The Morgan fingerprint density at radius 3 is 2.91 bits per heavy atom. The Kier molecular flexibility index (Phi) is 3.63. The Morgan fingerprint density at radius 1 is 1.57 bits per heavy atom. The van der Waals surface area contributed by atoms with Crippen LogP contribution in [0.1, 0.15) is 32.8 Å². The van der Waals surface area contributed by atoms with E-state index in [0.29, 0.717) is 12.2 Å². The fourth-order valence-electron chi connectivity index (χ4n) is 2.91. The molecule has 3 rings (SSSR count). The molecule has 0 aromatic carbocycles. The fourth-order valence-corrected chi connectivity index (χ4v) is 2.91. The predicted octanol–water partition coefficient (Wildman–Crippen LogP) is 1.76. The first-order valence-electron chi connectivity index (χ1n) is 7.53. The summed E-state index contributed by atoms with van der Waals surface area (Å²) in [4.78, 5) is 28.6. The number of nitrogens with zero attached hydrogens (tertiary/aromatic N) is 5. The maximum absolute atomic E-state index is 11.5. The van der Waals surface area contributed by atoms with E-state index in [-0.39, 0.29) is 23.3 Å². The molecule has 1 atom stereocenters. The van der Waals surface area contributed by atoms with Crippen molar-refractivity contribution in [1.82, 2.24) is 14.6 Å². The first-order valence-corrected chi connectivity index (χ1v) is 7.53. The molecule has 1 aliphatic heterocycles. The largest absolute Gasteiger partial charge is 0.353 e. The summed E-state index contributed by atoms with van der Waals surface area (Å²) in [5.74, 6) is 0.906. The van der Waals surface area contributed by atoms with Gasteiger partial charge in [-0.25, -0.2) is 4.98 Å². The Morgan fingerprint density at radius 2 is 2.30 bits per heavy atom. The van der Waals surface area contributed by atoms with Crippen LogP contribution in [0.2, 0.25) is 0 Å². The third-order valence-corrected chi connectivity index (χ3v) is 4.19. The van der Waals surface area contributed by atoms with Crippen LogP contribution in [0.25, 0.3) is 5.65 Å². The van der Waals surface area contributed by atoms with Crippen LogP contribution in [0.15, 0.2) is 6.20 Å². The molecule has 9 heteroatoms. The van der Waals surface area contributed by atoms with Crippen molar-refractivity contribution in [2.45, 2.75) is 39.7 Å². The van der Waals surface area contributed by atoms with Crippen molar-refractivity contribution < 1.29 is 9.72 Å². The summed E-state index contributed by atoms with van der Waals surface area (Å²) in [6.07, 6.45) is 2.85. The molecule has 0 saturated carbocycles. The lowest BCUT2D eigenvalue weighted by molar-refractivity contribution is -0.383. The quantitative estimate of drug-likeness (QED) is 0.680. The van der Waals surface area contributed by atoms with Crippen LogP contribution >= 0.6 is 0 Å². The fraction of sp³-hybridized carbons (Fsp3) is 0.500. The van der Waals surface area contributed by atoms with Crippen LogP contribution in [-0.2, 0) is 11.2 Å². The number of anilines is 2. The number of carbonyl (C=O) groups is 1. The zero-order valence-electron chi connectivity index (χ0n) is 13.2. The van der Waals surface area contributed by atoms with Gasteiger partial charge < -0.3 is 10.2 Å². The number of nitrogens with one attached hydrogen (secondary N) is 1. The van der Waals surface area contributed by atoms with Crippen molar-refractivity contribution in [1.29, 1.82) is 0 Å². The molecular formula is C14H18N6O3. The van der Waals surface area contributed by atoms with Gasteiger partial charge in [-0.1, -0.05) is 6.92 Å². The highest BCUT2D eigenvalue weighted by molar-refractivity contribution is 5.90. The zero-order chi connectivity index (χ0) is 16.7. The third kappa shape index (κ3) is 2.37. The molecule has 2 aromatic rings. The summed E-state index contributed by atoms with van der Waals surface area (Å²) in [5.41, 5.74) is 0.842. The van der Waals surface area contributed by atoms with Crippen molar-refractivity contribution in [2.24, 2.45) is 0 Å². The Bertz CT molecular complexity index is 799. The molecule has 1 unspecified atom stereocenters. The molecule has 1 N–H and O–H groups in total. The normalized spacial score (nSPS) is 14.8. The lowest BCUT2D eigenvalue weighted by Crippen LogP contribution is -2.32. The van der Waals surface area contributed by atoms with Crippen LogP contribution in [0.5, 0.6) is 0 Å². The first-order chi connectivity index (χ1) is 10.9. The number of hydrogen-bond donors (Lipinski definition) is 1. The monoisotopic (exact) mass is 318 g/mol. The van der Waals surface area contributed by atoms with Gasteiger partial charge in [0, 0.05) is 25.1 Å². The second kappa shape index (κ2) is 5.49. The van der Waals surface area contributed by atoms with Crippen molar-refractivity contribution in [2.75, 3.05) is 16.8 Å². The zero-order valence-corrected chi connectivity index (χ0v) is 13.2. The van der Waals surface area contributed by atoms with E-state index in [1.54, 1.807) is 0 Å². The standard InChI is InChI=1S/C14H18N6O3/c1-4-8(2)18-6-5-10-12(16-9(3)21)17-13-11(20(22)23)7-15-19(13)14(10)18/h7-8H,4-6H2,1-3H3,(H,16,17,21). The number of rotatable bonds is 4. The van der Waals surface area contributed by atoms with E-state index in [0.717, 1.165) is 24.3 Å². The van der Waals surface area contributed by atoms with Gasteiger partial charge in [-0.3, -0.25) is 14.9 Å². The smallest absolute Gasteiger partial charge is 0.333 e. The van der Waals surface area contributed by atoms with Gasteiger partial charge in [0.05, 0.1) is 4.92 Å². The summed E-state index contributed by atoms with van der Waals surface area (Å²) in [6.45, 7) is 6.34. The molecule has 2 aromatic heterocycles. The second-order valence-electron chi connectivity index (χ2n) is 5.67. The van der Waals surface area contributed by atoms with Gasteiger partial charge in [0.25, 0.3) is 0 Å². The minimum Gasteiger partial charge on any atom is -0.353 e. The van der Waals surface area contributed by atoms with Gasteiger partial charge in [-0.05, 0) is 19.8 Å². The molecule has 3 heterocycles. The average molecular weight is 318 g/mol. The molecule has 0 spiro atoms. The first kappa shape index (κ1) is 15.2. The lowest BCUT2D eigenvalue weighted by atomic mass is 10.2. The summed E-state index contributed by atoms with van der Waals surface area (Å²) in [6, 6.07) is 0.260. The summed E-state index contributed by atoms with van der Waals surface area (Å²) >= 11 is 0. The van der Waals surface area contributed by atoms with Crippen LogP contribution in [0.3, 0.4) is 0 Å². The molecule has 1 amide bonds. The predicted molar refractivity (Wildman–Crippen MR) is 84.7 cm³/mol. The van der Waals surface area contributed by atoms with E-state index < -0.39 is 4.92 Å².